The number of amides is 1. The number of unbranched alkanes of at least 4 members (excludes halogenated alkanes) is 1. The Hall–Kier alpha value is -2.17. The van der Waals surface area contributed by atoms with Gasteiger partial charge in [0.05, 0.1) is 0 Å². The van der Waals surface area contributed by atoms with Crippen LogP contribution in [0.4, 0.5) is 0 Å². The lowest BCUT2D eigenvalue weighted by Crippen LogP contribution is -2.33. The Kier molecular flexibility index (Phi) is 5.74. The third kappa shape index (κ3) is 4.32. The fourth-order valence-corrected chi connectivity index (χ4v) is 3.67. The highest BCUT2D eigenvalue weighted by atomic mass is 16.5. The molecule has 140 valence electrons. The number of rotatable bonds is 7. The summed E-state index contributed by atoms with van der Waals surface area (Å²) in [4.78, 5) is 16.8. The van der Waals surface area contributed by atoms with Gasteiger partial charge >= 0.3 is 0 Å². The van der Waals surface area contributed by atoms with Crippen LogP contribution < -0.4 is 5.32 Å². The van der Waals surface area contributed by atoms with Crippen LogP contribution in [0.25, 0.3) is 11.5 Å². The Bertz CT molecular complexity index is 734. The van der Waals surface area contributed by atoms with Crippen LogP contribution in [0, 0.1) is 11.3 Å². The highest BCUT2D eigenvalue weighted by Gasteiger charge is 2.34. The average Bonchev–Trinajstić information content (AvgIpc) is 3.24. The van der Waals surface area contributed by atoms with E-state index in [-0.39, 0.29) is 5.91 Å². The minimum absolute atomic E-state index is 0.0200. The van der Waals surface area contributed by atoms with E-state index in [1.807, 2.05) is 24.3 Å². The summed E-state index contributed by atoms with van der Waals surface area (Å²) in [5.74, 6) is 1.79. The zero-order valence-electron chi connectivity index (χ0n) is 16.0. The molecule has 0 bridgehead atoms. The molecule has 0 aliphatic heterocycles. The number of hydrogen-bond acceptors (Lipinski definition) is 4. The van der Waals surface area contributed by atoms with Gasteiger partial charge in [-0.05, 0) is 54.9 Å². The third-order valence-corrected chi connectivity index (χ3v) is 5.60. The molecule has 5 heteroatoms. The van der Waals surface area contributed by atoms with Gasteiger partial charge in [-0.15, -0.1) is 0 Å². The molecule has 0 saturated heterocycles. The van der Waals surface area contributed by atoms with E-state index in [0.717, 1.165) is 37.2 Å². The summed E-state index contributed by atoms with van der Waals surface area (Å²) in [7, 11) is 0. The molecular formula is C21H29N3O2. The third-order valence-electron chi connectivity index (χ3n) is 5.60. The molecule has 3 rings (SSSR count). The lowest BCUT2D eigenvalue weighted by atomic mass is 9.82. The van der Waals surface area contributed by atoms with Crippen molar-refractivity contribution in [1.82, 2.24) is 15.5 Å². The molecule has 0 unspecified atom stereocenters. The number of aryl methyl sites for hydroxylation is 1. The van der Waals surface area contributed by atoms with Crippen molar-refractivity contribution in [3.05, 3.63) is 35.7 Å². The number of carbonyl (C=O) groups excluding carboxylic acids is 1. The Morgan fingerprint density at radius 3 is 2.73 bits per heavy atom. The van der Waals surface area contributed by atoms with E-state index >= 15 is 0 Å². The van der Waals surface area contributed by atoms with Crippen LogP contribution in [0.15, 0.2) is 28.8 Å². The van der Waals surface area contributed by atoms with Crippen LogP contribution in [-0.4, -0.2) is 22.6 Å². The lowest BCUT2D eigenvalue weighted by Gasteiger charge is -2.27. The predicted octanol–water partition coefficient (Wildman–Crippen LogP) is 4.64. The molecule has 0 radical (unpaired) electrons. The molecule has 0 spiro atoms. The smallest absolute Gasteiger partial charge is 0.257 e. The molecule has 26 heavy (non-hydrogen) atoms. The van der Waals surface area contributed by atoms with Crippen molar-refractivity contribution in [2.75, 3.05) is 6.54 Å². The highest BCUT2D eigenvalue weighted by molar-refractivity contribution is 5.94. The van der Waals surface area contributed by atoms with Gasteiger partial charge in [0, 0.05) is 24.1 Å². The first-order valence-electron chi connectivity index (χ1n) is 9.71. The number of nitrogens with one attached hydrogen (secondary N) is 1. The monoisotopic (exact) mass is 355 g/mol. The predicted molar refractivity (Wildman–Crippen MR) is 102 cm³/mol. The first-order valence-corrected chi connectivity index (χ1v) is 9.71. The van der Waals surface area contributed by atoms with Gasteiger partial charge in [0.1, 0.15) is 0 Å². The maximum Gasteiger partial charge on any atom is 0.257 e. The van der Waals surface area contributed by atoms with Crippen molar-refractivity contribution in [2.24, 2.45) is 11.3 Å². The van der Waals surface area contributed by atoms with Crippen LogP contribution in [0.1, 0.15) is 69.1 Å². The van der Waals surface area contributed by atoms with E-state index in [1.54, 1.807) is 0 Å². The summed E-state index contributed by atoms with van der Waals surface area (Å²) in [5.41, 5.74) is 1.83. The molecule has 2 aromatic rings. The van der Waals surface area contributed by atoms with Crippen LogP contribution in [0.5, 0.6) is 0 Å². The number of aromatic nitrogens is 2. The Labute approximate surface area is 155 Å². The van der Waals surface area contributed by atoms with E-state index < -0.39 is 0 Å². The van der Waals surface area contributed by atoms with E-state index in [1.165, 1.54) is 19.3 Å². The summed E-state index contributed by atoms with van der Waals surface area (Å²) >= 11 is 0. The number of benzene rings is 1. The molecule has 1 aliphatic carbocycles. The summed E-state index contributed by atoms with van der Waals surface area (Å²) in [6, 6.07) is 7.37. The van der Waals surface area contributed by atoms with Crippen LogP contribution in [-0.2, 0) is 6.42 Å². The van der Waals surface area contributed by atoms with Crippen molar-refractivity contribution in [2.45, 2.75) is 59.3 Å². The van der Waals surface area contributed by atoms with Gasteiger partial charge in [0.15, 0.2) is 5.82 Å². The summed E-state index contributed by atoms with van der Waals surface area (Å²) in [6.45, 7) is 7.48. The number of carbonyl (C=O) groups is 1. The first-order chi connectivity index (χ1) is 12.5. The van der Waals surface area contributed by atoms with Crippen LogP contribution >= 0.6 is 0 Å². The molecular weight excluding hydrogens is 326 g/mol. The maximum atomic E-state index is 12.4. The normalized spacial score (nSPS) is 18.8. The second-order valence-electron chi connectivity index (χ2n) is 7.98. The van der Waals surface area contributed by atoms with Gasteiger partial charge in [-0.25, -0.2) is 0 Å². The minimum atomic E-state index is -0.0200. The van der Waals surface area contributed by atoms with E-state index in [9.17, 15) is 4.79 Å². The van der Waals surface area contributed by atoms with E-state index in [0.29, 0.717) is 22.8 Å². The zero-order chi connectivity index (χ0) is 18.6. The maximum absolute atomic E-state index is 12.4. The second-order valence-corrected chi connectivity index (χ2v) is 7.98. The van der Waals surface area contributed by atoms with Gasteiger partial charge in [-0.2, -0.15) is 4.98 Å². The van der Waals surface area contributed by atoms with Crippen LogP contribution in [0.3, 0.4) is 0 Å². The molecule has 5 nitrogen and oxygen atoms in total. The van der Waals surface area contributed by atoms with Crippen molar-refractivity contribution in [3.63, 3.8) is 0 Å². The highest BCUT2D eigenvalue weighted by Crippen LogP contribution is 2.42. The molecule has 1 heterocycles. The van der Waals surface area contributed by atoms with Gasteiger partial charge in [-0.3, -0.25) is 4.79 Å². The standard InChI is InChI=1S/C21H29N3O2/c1-4-5-8-18-23-20(26-24-18)16-11-9-15(10-12-16)19(25)22-14-17-7-6-13-21(17,2)3/h9-12,17H,4-8,13-14H2,1-3H3,(H,22,25)/t17-/m1/s1. The van der Waals surface area contributed by atoms with E-state index in [4.69, 9.17) is 4.52 Å². The summed E-state index contributed by atoms with van der Waals surface area (Å²) < 4.78 is 5.32. The van der Waals surface area contributed by atoms with Crippen molar-refractivity contribution in [3.8, 4) is 11.5 Å². The van der Waals surface area contributed by atoms with Crippen molar-refractivity contribution < 1.29 is 9.32 Å². The first kappa shape index (κ1) is 18.6. The molecule has 1 N–H and O–H groups in total. The van der Waals surface area contributed by atoms with E-state index in [2.05, 4.69) is 36.2 Å². The molecule has 1 saturated carbocycles. The Morgan fingerprint density at radius 1 is 1.31 bits per heavy atom. The molecule has 1 aromatic heterocycles. The largest absolute Gasteiger partial charge is 0.352 e. The zero-order valence-corrected chi connectivity index (χ0v) is 16.0. The lowest BCUT2D eigenvalue weighted by molar-refractivity contribution is 0.0937. The van der Waals surface area contributed by atoms with Crippen LogP contribution in [0.2, 0.25) is 0 Å². The quantitative estimate of drug-likeness (QED) is 0.786. The SMILES string of the molecule is CCCCc1noc(-c2ccc(C(=O)NC[C@H]3CCCC3(C)C)cc2)n1. The topological polar surface area (TPSA) is 68.0 Å². The molecule has 1 amide bonds. The van der Waals surface area contributed by atoms with Gasteiger partial charge in [0.25, 0.3) is 11.8 Å². The second kappa shape index (κ2) is 8.02. The van der Waals surface area contributed by atoms with Gasteiger partial charge < -0.3 is 9.84 Å². The number of nitrogens with zero attached hydrogens (tertiary/aromatic N) is 2. The Balaban J connectivity index is 1.58. The van der Waals surface area contributed by atoms with Crippen molar-refractivity contribution in [1.29, 1.82) is 0 Å². The molecule has 1 aliphatic rings. The fraction of sp³-hybridized carbons (Fsp3) is 0.571. The summed E-state index contributed by atoms with van der Waals surface area (Å²) in [6.07, 6.45) is 6.68. The average molecular weight is 355 g/mol. The Morgan fingerprint density at radius 2 is 2.08 bits per heavy atom. The van der Waals surface area contributed by atoms with Crippen molar-refractivity contribution >= 4 is 5.91 Å². The van der Waals surface area contributed by atoms with Gasteiger partial charge in [-0.1, -0.05) is 38.8 Å². The van der Waals surface area contributed by atoms with Gasteiger partial charge in [0.2, 0.25) is 0 Å². The fourth-order valence-electron chi connectivity index (χ4n) is 3.67. The molecule has 1 atom stereocenters. The minimum Gasteiger partial charge on any atom is -0.352 e. The molecule has 1 fully saturated rings. The summed E-state index contributed by atoms with van der Waals surface area (Å²) in [5, 5.41) is 7.10. The number of hydrogen-bond donors (Lipinski definition) is 1. The molecule has 1 aromatic carbocycles.